The number of imidazole rings is 2. The van der Waals surface area contributed by atoms with Gasteiger partial charge in [-0.15, -0.1) is 0 Å². The van der Waals surface area contributed by atoms with Gasteiger partial charge in [0.25, 0.3) is 0 Å². The van der Waals surface area contributed by atoms with E-state index in [0.29, 0.717) is 20.6 Å². The van der Waals surface area contributed by atoms with Crippen molar-refractivity contribution in [3.05, 3.63) is 44.6 Å². The molecule has 4 nitrogen and oxygen atoms in total. The number of aryl methyl sites for hydroxylation is 2. The number of benzene rings is 1. The largest absolute Gasteiger partial charge is 0.330 e. The first-order chi connectivity index (χ1) is 16.3. The molecule has 0 spiro atoms. The first kappa shape index (κ1) is 27.1. The second-order valence-corrected chi connectivity index (χ2v) is 10.4. The van der Waals surface area contributed by atoms with E-state index in [0.717, 1.165) is 50.2 Å². The molecule has 2 aromatic heterocycles. The quantitative estimate of drug-likeness (QED) is 0.196. The minimum Gasteiger partial charge on any atom is -0.330 e. The van der Waals surface area contributed by atoms with Crippen LogP contribution in [0.1, 0.15) is 76.9 Å². The number of unbranched alkanes of at least 4 members (excludes halogenated alkanes) is 6. The van der Waals surface area contributed by atoms with Gasteiger partial charge in [0, 0.05) is 38.1 Å². The average molecular weight is 600 g/mol. The fourth-order valence-corrected chi connectivity index (χ4v) is 5.75. The van der Waals surface area contributed by atoms with E-state index in [1.165, 1.54) is 37.8 Å². The molecule has 1 aromatic carbocycles. The molecule has 8 heteroatoms. The molecule has 0 atom stereocenters. The normalized spacial score (nSPS) is 11.5. The smallest absolute Gasteiger partial charge is 0.133 e. The van der Waals surface area contributed by atoms with E-state index in [2.05, 4.69) is 55.7 Å². The van der Waals surface area contributed by atoms with Crippen molar-refractivity contribution in [3.8, 4) is 22.5 Å². The van der Waals surface area contributed by atoms with Gasteiger partial charge in [-0.2, -0.15) is 0 Å². The Morgan fingerprint density at radius 2 is 1.06 bits per heavy atom. The van der Waals surface area contributed by atoms with Gasteiger partial charge >= 0.3 is 0 Å². The van der Waals surface area contributed by atoms with Gasteiger partial charge in [-0.25, -0.2) is 18.7 Å². The van der Waals surface area contributed by atoms with Crippen molar-refractivity contribution < 1.29 is 8.78 Å². The Labute approximate surface area is 218 Å². The number of aromatic nitrogens is 4. The van der Waals surface area contributed by atoms with Crippen molar-refractivity contribution in [1.29, 1.82) is 0 Å². The minimum atomic E-state index is -0.491. The van der Waals surface area contributed by atoms with E-state index in [-0.39, 0.29) is 11.1 Å². The molecule has 0 amide bonds. The summed E-state index contributed by atoms with van der Waals surface area (Å²) < 4.78 is 35.6. The molecule has 2 heterocycles. The van der Waals surface area contributed by atoms with Crippen LogP contribution in [0.4, 0.5) is 8.78 Å². The highest BCUT2D eigenvalue weighted by Gasteiger charge is 2.23. The number of nitrogens with zero attached hydrogens (tertiary/aromatic N) is 4. The highest BCUT2D eigenvalue weighted by molar-refractivity contribution is 9.10. The zero-order valence-corrected chi connectivity index (χ0v) is 23.7. The predicted molar refractivity (Wildman–Crippen MR) is 142 cm³/mol. The van der Waals surface area contributed by atoms with E-state index >= 15 is 8.78 Å². The van der Waals surface area contributed by atoms with Gasteiger partial charge in [0.2, 0.25) is 0 Å². The summed E-state index contributed by atoms with van der Waals surface area (Å²) in [6.45, 7) is 4.35. The average Bonchev–Trinajstić information content (AvgIpc) is 3.24. The number of halogens is 4. The monoisotopic (exact) mass is 598 g/mol. The highest BCUT2D eigenvalue weighted by Crippen LogP contribution is 2.37. The van der Waals surface area contributed by atoms with Crippen LogP contribution in [0.15, 0.2) is 21.3 Å². The van der Waals surface area contributed by atoms with Crippen molar-refractivity contribution in [2.75, 3.05) is 0 Å². The number of rotatable bonds is 12. The maximum Gasteiger partial charge on any atom is 0.133 e. The van der Waals surface area contributed by atoms with E-state index in [4.69, 9.17) is 0 Å². The minimum absolute atomic E-state index is 0.195. The van der Waals surface area contributed by atoms with Gasteiger partial charge in [-0.05, 0) is 56.8 Å². The van der Waals surface area contributed by atoms with Crippen LogP contribution in [0.5, 0.6) is 0 Å². The van der Waals surface area contributed by atoms with Crippen molar-refractivity contribution in [3.63, 3.8) is 0 Å². The summed E-state index contributed by atoms with van der Waals surface area (Å²) >= 11 is 6.94. The first-order valence-corrected chi connectivity index (χ1v) is 13.8. The lowest BCUT2D eigenvalue weighted by Crippen LogP contribution is -2.03. The van der Waals surface area contributed by atoms with Crippen LogP contribution in [0.25, 0.3) is 22.5 Å². The van der Waals surface area contributed by atoms with Crippen LogP contribution in [-0.4, -0.2) is 19.1 Å². The molecule has 34 heavy (non-hydrogen) atoms. The van der Waals surface area contributed by atoms with Gasteiger partial charge in [-0.1, -0.05) is 52.4 Å². The third-order valence-corrected chi connectivity index (χ3v) is 7.47. The summed E-state index contributed by atoms with van der Waals surface area (Å²) in [5, 5.41) is 0. The maximum absolute atomic E-state index is 15.4. The third kappa shape index (κ3) is 5.99. The molecule has 3 rings (SSSR count). The van der Waals surface area contributed by atoms with Gasteiger partial charge in [0.15, 0.2) is 0 Å². The molecule has 0 aliphatic rings. The zero-order chi connectivity index (χ0) is 24.8. The topological polar surface area (TPSA) is 35.6 Å². The summed E-state index contributed by atoms with van der Waals surface area (Å²) in [4.78, 5) is 9.16. The highest BCUT2D eigenvalue weighted by atomic mass is 79.9. The van der Waals surface area contributed by atoms with Crippen LogP contribution in [0.2, 0.25) is 0 Å². The summed E-state index contributed by atoms with van der Waals surface area (Å²) in [5.74, 6) is 0.748. The molecule has 0 N–H and O–H groups in total. The maximum atomic E-state index is 15.4. The molecule has 3 aromatic rings. The molecule has 0 aliphatic carbocycles. The van der Waals surface area contributed by atoms with Crippen molar-refractivity contribution in [2.45, 2.75) is 78.1 Å². The van der Waals surface area contributed by atoms with Crippen molar-refractivity contribution in [2.24, 2.45) is 14.1 Å². The Hall–Kier alpha value is -1.54. The second kappa shape index (κ2) is 12.4. The Balaban J connectivity index is 1.91. The Bertz CT molecular complexity index is 1030. The van der Waals surface area contributed by atoms with E-state index in [1.807, 2.05) is 23.2 Å². The molecule has 0 fully saturated rings. The van der Waals surface area contributed by atoms with Gasteiger partial charge in [0.05, 0.1) is 11.4 Å². The van der Waals surface area contributed by atoms with Gasteiger partial charge in [0.1, 0.15) is 32.5 Å². The Morgan fingerprint density at radius 3 is 1.41 bits per heavy atom. The van der Waals surface area contributed by atoms with Crippen LogP contribution in [0.3, 0.4) is 0 Å². The van der Waals surface area contributed by atoms with Crippen LogP contribution < -0.4 is 0 Å². The molecule has 0 saturated heterocycles. The van der Waals surface area contributed by atoms with E-state index in [1.54, 1.807) is 0 Å². The van der Waals surface area contributed by atoms with Crippen LogP contribution >= 0.6 is 31.9 Å². The second-order valence-electron chi connectivity index (χ2n) is 8.89. The standard InChI is InChI=1S/C26H34Br2F2N4/c1-5-7-9-11-13-21-31-25(27)23(33(21)3)17-15-20(30)18(16-19(17)29)24-26(28)32-22(34(24)4)14-12-10-8-6-2/h15-16H,5-14H2,1-4H3. The molecular weight excluding hydrogens is 566 g/mol. The summed E-state index contributed by atoms with van der Waals surface area (Å²) in [7, 11) is 3.71. The summed E-state index contributed by atoms with van der Waals surface area (Å²) in [6.07, 6.45) is 10.6. The molecule has 186 valence electrons. The molecule has 0 radical (unpaired) electrons. The third-order valence-electron chi connectivity index (χ3n) is 6.37. The summed E-state index contributed by atoms with van der Waals surface area (Å²) in [5.41, 5.74) is 1.49. The number of hydrogen-bond donors (Lipinski definition) is 0. The lowest BCUT2D eigenvalue weighted by atomic mass is 10.1. The van der Waals surface area contributed by atoms with Crippen LogP contribution in [-0.2, 0) is 26.9 Å². The molecular formula is C26H34Br2F2N4. The van der Waals surface area contributed by atoms with Crippen molar-refractivity contribution in [1.82, 2.24) is 19.1 Å². The van der Waals surface area contributed by atoms with E-state index in [9.17, 15) is 0 Å². The Kier molecular flexibility index (Phi) is 9.89. The van der Waals surface area contributed by atoms with Crippen LogP contribution in [0, 0.1) is 11.6 Å². The predicted octanol–water partition coefficient (Wildman–Crippen LogP) is 8.54. The summed E-state index contributed by atoms with van der Waals surface area (Å²) in [6, 6.07) is 2.54. The molecule has 0 unspecified atom stereocenters. The number of hydrogen-bond acceptors (Lipinski definition) is 2. The first-order valence-electron chi connectivity index (χ1n) is 12.2. The fraction of sp³-hybridized carbons (Fsp3) is 0.538. The lowest BCUT2D eigenvalue weighted by molar-refractivity contribution is 0.601. The lowest BCUT2D eigenvalue weighted by Gasteiger charge is -2.12. The fourth-order valence-electron chi connectivity index (χ4n) is 4.38. The SMILES string of the molecule is CCCCCCc1nc(Br)c(-c2cc(F)c(-c3c(Br)nc(CCCCCC)n3C)cc2F)n1C. The van der Waals surface area contributed by atoms with E-state index < -0.39 is 11.6 Å². The molecule has 0 bridgehead atoms. The Morgan fingerprint density at radius 1 is 0.676 bits per heavy atom. The van der Waals surface area contributed by atoms with Gasteiger partial charge in [-0.3, -0.25) is 0 Å². The van der Waals surface area contributed by atoms with Crippen molar-refractivity contribution >= 4 is 31.9 Å². The molecule has 0 aliphatic heterocycles. The zero-order valence-electron chi connectivity index (χ0n) is 20.5. The molecule has 0 saturated carbocycles. The van der Waals surface area contributed by atoms with Gasteiger partial charge < -0.3 is 9.13 Å².